The number of halogens is 2. The van der Waals surface area contributed by atoms with E-state index in [1.807, 2.05) is 0 Å². The van der Waals surface area contributed by atoms with Gasteiger partial charge in [0.05, 0.1) is 18.6 Å². The Morgan fingerprint density at radius 3 is 2.48 bits per heavy atom. The van der Waals surface area contributed by atoms with E-state index >= 15 is 0 Å². The van der Waals surface area contributed by atoms with Crippen molar-refractivity contribution in [3.63, 3.8) is 0 Å². The Kier molecular flexibility index (Phi) is 5.69. The fourth-order valence-corrected chi connectivity index (χ4v) is 4.68. The Bertz CT molecular complexity index is 935. The molecular weight excluding hydrogens is 397 g/mol. The SMILES string of the molecule is COC(=O)C1CC(Oc2ccccc2F)CN1S(=O)(=O)c1ccc(Cl)cc1. The minimum absolute atomic E-state index is 0.00291. The van der Waals surface area contributed by atoms with E-state index in [0.717, 1.165) is 4.31 Å². The molecule has 2 aromatic carbocycles. The fourth-order valence-electron chi connectivity index (χ4n) is 2.93. The molecule has 2 unspecified atom stereocenters. The zero-order valence-corrected chi connectivity index (χ0v) is 15.9. The second kappa shape index (κ2) is 7.84. The lowest BCUT2D eigenvalue weighted by Gasteiger charge is -2.21. The number of para-hydroxylation sites is 1. The average molecular weight is 414 g/mol. The Balaban J connectivity index is 1.89. The van der Waals surface area contributed by atoms with Crippen LogP contribution in [0.1, 0.15) is 6.42 Å². The number of methoxy groups -OCH3 is 1. The van der Waals surface area contributed by atoms with Crippen LogP contribution in [-0.2, 0) is 19.6 Å². The number of rotatable bonds is 5. The minimum atomic E-state index is -3.99. The predicted molar refractivity (Wildman–Crippen MR) is 96.6 cm³/mol. The van der Waals surface area contributed by atoms with Crippen LogP contribution in [0.3, 0.4) is 0 Å². The first-order valence-corrected chi connectivity index (χ1v) is 9.91. The number of esters is 1. The van der Waals surface area contributed by atoms with Gasteiger partial charge in [0.25, 0.3) is 0 Å². The molecule has 2 atom stereocenters. The summed E-state index contributed by atoms with van der Waals surface area (Å²) in [5.41, 5.74) is 0. The van der Waals surface area contributed by atoms with Gasteiger partial charge in [-0.05, 0) is 36.4 Å². The van der Waals surface area contributed by atoms with Crippen LogP contribution in [0, 0.1) is 5.82 Å². The first-order chi connectivity index (χ1) is 12.8. The van der Waals surface area contributed by atoms with Crippen LogP contribution in [-0.4, -0.2) is 44.5 Å². The molecule has 144 valence electrons. The number of ether oxygens (including phenoxy) is 2. The Labute approximate surface area is 161 Å². The second-order valence-electron chi connectivity index (χ2n) is 5.97. The molecule has 0 N–H and O–H groups in total. The molecule has 3 rings (SSSR count). The largest absolute Gasteiger partial charge is 0.486 e. The molecule has 0 bridgehead atoms. The molecule has 0 aromatic heterocycles. The van der Waals surface area contributed by atoms with E-state index in [0.29, 0.717) is 5.02 Å². The molecule has 9 heteroatoms. The molecule has 27 heavy (non-hydrogen) atoms. The molecule has 0 spiro atoms. The van der Waals surface area contributed by atoms with Crippen molar-refractivity contribution in [1.29, 1.82) is 0 Å². The highest BCUT2D eigenvalue weighted by Gasteiger charge is 2.45. The van der Waals surface area contributed by atoms with Crippen LogP contribution in [0.2, 0.25) is 5.02 Å². The van der Waals surface area contributed by atoms with E-state index in [1.54, 1.807) is 6.07 Å². The van der Waals surface area contributed by atoms with Gasteiger partial charge in [-0.25, -0.2) is 12.8 Å². The summed E-state index contributed by atoms with van der Waals surface area (Å²) in [6.45, 7) is -0.112. The highest BCUT2D eigenvalue weighted by molar-refractivity contribution is 7.89. The van der Waals surface area contributed by atoms with Crippen LogP contribution in [0.15, 0.2) is 53.4 Å². The molecule has 0 radical (unpaired) electrons. The molecule has 1 fully saturated rings. The molecule has 6 nitrogen and oxygen atoms in total. The molecular formula is C18H17ClFNO5S. The van der Waals surface area contributed by atoms with Gasteiger partial charge in [-0.1, -0.05) is 23.7 Å². The van der Waals surface area contributed by atoms with Gasteiger partial charge in [0.1, 0.15) is 12.1 Å². The molecule has 1 saturated heterocycles. The second-order valence-corrected chi connectivity index (χ2v) is 8.30. The van der Waals surface area contributed by atoms with Crippen molar-refractivity contribution in [2.75, 3.05) is 13.7 Å². The van der Waals surface area contributed by atoms with Gasteiger partial charge in [-0.3, -0.25) is 4.79 Å². The molecule has 1 aliphatic rings. The maximum absolute atomic E-state index is 13.8. The highest BCUT2D eigenvalue weighted by atomic mass is 35.5. The molecule has 1 aliphatic heterocycles. The van der Waals surface area contributed by atoms with Gasteiger partial charge >= 0.3 is 5.97 Å². The molecule has 1 heterocycles. The number of benzene rings is 2. The molecule has 0 saturated carbocycles. The number of sulfonamides is 1. The van der Waals surface area contributed by atoms with Gasteiger partial charge < -0.3 is 9.47 Å². The van der Waals surface area contributed by atoms with Crippen molar-refractivity contribution < 1.29 is 27.1 Å². The molecule has 0 amide bonds. The lowest BCUT2D eigenvalue weighted by Crippen LogP contribution is -2.41. The van der Waals surface area contributed by atoms with Crippen molar-refractivity contribution in [2.45, 2.75) is 23.5 Å². The monoisotopic (exact) mass is 413 g/mol. The zero-order valence-electron chi connectivity index (χ0n) is 14.3. The fraction of sp³-hybridized carbons (Fsp3) is 0.278. The number of carbonyl (C=O) groups is 1. The Morgan fingerprint density at radius 2 is 1.85 bits per heavy atom. The molecule has 2 aromatic rings. The zero-order chi connectivity index (χ0) is 19.6. The Morgan fingerprint density at radius 1 is 1.19 bits per heavy atom. The Hall–Kier alpha value is -2.16. The van der Waals surface area contributed by atoms with Crippen molar-refractivity contribution in [3.8, 4) is 5.75 Å². The van der Waals surface area contributed by atoms with Crippen molar-refractivity contribution >= 4 is 27.6 Å². The maximum Gasteiger partial charge on any atom is 0.324 e. The van der Waals surface area contributed by atoms with Crippen molar-refractivity contribution in [1.82, 2.24) is 4.31 Å². The summed E-state index contributed by atoms with van der Waals surface area (Å²) in [5, 5.41) is 0.389. The quantitative estimate of drug-likeness (QED) is 0.705. The summed E-state index contributed by atoms with van der Waals surface area (Å²) in [7, 11) is -2.81. The van der Waals surface area contributed by atoms with E-state index in [9.17, 15) is 17.6 Å². The first kappa shape index (κ1) is 19.6. The van der Waals surface area contributed by atoms with Crippen LogP contribution >= 0.6 is 11.6 Å². The van der Waals surface area contributed by atoms with Gasteiger partial charge in [0.2, 0.25) is 10.0 Å². The average Bonchev–Trinajstić information content (AvgIpc) is 3.08. The summed E-state index contributed by atoms with van der Waals surface area (Å²) >= 11 is 5.81. The maximum atomic E-state index is 13.8. The number of hydrogen-bond acceptors (Lipinski definition) is 5. The highest BCUT2D eigenvalue weighted by Crippen LogP contribution is 2.30. The van der Waals surface area contributed by atoms with Gasteiger partial charge in [0.15, 0.2) is 11.6 Å². The lowest BCUT2D eigenvalue weighted by molar-refractivity contribution is -0.144. The number of carbonyl (C=O) groups excluding carboxylic acids is 1. The standard InChI is InChI=1S/C18H17ClFNO5S/c1-25-18(22)16-10-13(26-17-5-3-2-4-15(17)20)11-21(16)27(23,24)14-8-6-12(19)7-9-14/h2-9,13,16H,10-11H2,1H3. The van der Waals surface area contributed by atoms with Gasteiger partial charge in [-0.15, -0.1) is 0 Å². The van der Waals surface area contributed by atoms with E-state index in [-0.39, 0.29) is 23.6 Å². The van der Waals surface area contributed by atoms with Crippen LogP contribution in [0.5, 0.6) is 5.75 Å². The third kappa shape index (κ3) is 4.07. The third-order valence-corrected chi connectivity index (χ3v) is 6.38. The number of nitrogens with zero attached hydrogens (tertiary/aromatic N) is 1. The normalized spacial score (nSPS) is 20.4. The van der Waals surface area contributed by atoms with Crippen LogP contribution in [0.25, 0.3) is 0 Å². The summed E-state index contributed by atoms with van der Waals surface area (Å²) < 4.78 is 51.2. The first-order valence-electron chi connectivity index (χ1n) is 8.09. The van der Waals surface area contributed by atoms with Crippen LogP contribution in [0.4, 0.5) is 4.39 Å². The van der Waals surface area contributed by atoms with E-state index in [4.69, 9.17) is 21.1 Å². The predicted octanol–water partition coefficient (Wildman–Crippen LogP) is 2.86. The minimum Gasteiger partial charge on any atom is -0.486 e. The van der Waals surface area contributed by atoms with Gasteiger partial charge in [0, 0.05) is 11.4 Å². The van der Waals surface area contributed by atoms with Crippen LogP contribution < -0.4 is 4.74 Å². The number of hydrogen-bond donors (Lipinski definition) is 0. The summed E-state index contributed by atoms with van der Waals surface area (Å²) in [4.78, 5) is 12.1. The molecule has 0 aliphatic carbocycles. The van der Waals surface area contributed by atoms with E-state index in [1.165, 1.54) is 49.6 Å². The topological polar surface area (TPSA) is 72.9 Å². The smallest absolute Gasteiger partial charge is 0.324 e. The lowest BCUT2D eigenvalue weighted by atomic mass is 10.2. The summed E-state index contributed by atoms with van der Waals surface area (Å²) in [6, 6.07) is 10.4. The van der Waals surface area contributed by atoms with Crippen molar-refractivity contribution in [2.24, 2.45) is 0 Å². The third-order valence-electron chi connectivity index (χ3n) is 4.24. The van der Waals surface area contributed by atoms with Gasteiger partial charge in [-0.2, -0.15) is 4.31 Å². The van der Waals surface area contributed by atoms with E-state index < -0.39 is 34.0 Å². The summed E-state index contributed by atoms with van der Waals surface area (Å²) in [6.07, 6.45) is -0.651. The van der Waals surface area contributed by atoms with Crippen molar-refractivity contribution in [3.05, 3.63) is 59.4 Å². The van der Waals surface area contributed by atoms with E-state index in [2.05, 4.69) is 0 Å². The summed E-state index contributed by atoms with van der Waals surface area (Å²) in [5.74, 6) is -1.27.